The van der Waals surface area contributed by atoms with Gasteiger partial charge in [0.2, 0.25) is 0 Å². The number of hydrogen-bond donors (Lipinski definition) is 0. The molecule has 0 aromatic heterocycles. The second-order valence-electron chi connectivity index (χ2n) is 22.3. The van der Waals surface area contributed by atoms with Crippen molar-refractivity contribution in [2.24, 2.45) is 0 Å². The van der Waals surface area contributed by atoms with E-state index in [2.05, 4.69) is 118 Å². The summed E-state index contributed by atoms with van der Waals surface area (Å²) < 4.78 is 16.9. The summed E-state index contributed by atoms with van der Waals surface area (Å²) in [5.41, 5.74) is 0. The molecule has 0 spiro atoms. The molecule has 0 heterocycles. The molecule has 0 radical (unpaired) electrons. The maximum atomic E-state index is 12.9. The Bertz CT molecular complexity index is 1540. The van der Waals surface area contributed by atoms with E-state index in [9.17, 15) is 14.4 Å². The number of rotatable bonds is 61. The summed E-state index contributed by atoms with van der Waals surface area (Å²) in [6.07, 6.45) is 90.0. The van der Waals surface area contributed by atoms with Crippen LogP contribution in [0.3, 0.4) is 0 Å². The second kappa shape index (κ2) is 66.8. The van der Waals surface area contributed by atoms with Gasteiger partial charge in [-0.2, -0.15) is 0 Å². The van der Waals surface area contributed by atoms with Gasteiger partial charge in [0, 0.05) is 19.3 Å². The molecule has 0 aliphatic heterocycles. The maximum Gasteiger partial charge on any atom is 0.306 e. The fourth-order valence-corrected chi connectivity index (χ4v) is 9.50. The summed E-state index contributed by atoms with van der Waals surface area (Å²) in [6.45, 7) is 6.50. The maximum absolute atomic E-state index is 12.9. The molecule has 0 saturated heterocycles. The number of unbranched alkanes of at least 4 members (excludes halogenated alkanes) is 34. The molecule has 1 atom stereocenters. The summed E-state index contributed by atoms with van der Waals surface area (Å²) in [6, 6.07) is 0. The fraction of sp³-hybridized carbons (Fsp3) is 0.740. The molecule has 0 saturated carbocycles. The topological polar surface area (TPSA) is 78.9 Å². The van der Waals surface area contributed by atoms with Crippen LogP contribution in [0.5, 0.6) is 0 Å². The highest BCUT2D eigenvalue weighted by atomic mass is 16.6. The van der Waals surface area contributed by atoms with Gasteiger partial charge in [0.1, 0.15) is 13.2 Å². The monoisotopic (exact) mass is 1100 g/mol. The van der Waals surface area contributed by atoms with Crippen LogP contribution in [0.25, 0.3) is 0 Å². The molecule has 1 unspecified atom stereocenters. The summed E-state index contributed by atoms with van der Waals surface area (Å²) >= 11 is 0. The van der Waals surface area contributed by atoms with Gasteiger partial charge in [0.15, 0.2) is 6.10 Å². The highest BCUT2D eigenvalue weighted by Crippen LogP contribution is 2.16. The normalized spacial score (nSPS) is 12.7. The first-order valence-electron chi connectivity index (χ1n) is 33.7. The average molecular weight is 1100 g/mol. The van der Waals surface area contributed by atoms with Crippen LogP contribution in [0, 0.1) is 0 Å². The Kier molecular flexibility index (Phi) is 63.7. The predicted molar refractivity (Wildman–Crippen MR) is 344 cm³/mol. The summed E-state index contributed by atoms with van der Waals surface area (Å²) in [5.74, 6) is -0.940. The zero-order chi connectivity index (χ0) is 57.1. The standard InChI is InChI=1S/C73H126O6/c1-4-7-10-13-16-19-22-25-28-30-32-34-35-36-37-39-40-42-45-48-51-54-57-60-63-66-72(75)78-69-70(68-77-71(74)65-62-59-56-53-50-47-44-27-24-21-18-15-12-9-6-3)79-73(76)67-64-61-58-55-52-49-46-43-41-38-33-31-29-26-23-20-17-14-11-8-5-2/h9,12,18,21,23,26-27,30-33,41,43-44,50,53,70H,4-8,10-11,13-17,19-20,22,24-25,28-29,34-40,42,45-49,51-52,54-69H2,1-3H3/b12-9-,21-18-,26-23-,32-30-,33-31-,43-41-,44-27-,53-50-. The zero-order valence-corrected chi connectivity index (χ0v) is 52.1. The van der Waals surface area contributed by atoms with Crippen molar-refractivity contribution in [3.05, 3.63) is 97.2 Å². The third kappa shape index (κ3) is 65.0. The van der Waals surface area contributed by atoms with Crippen LogP contribution >= 0.6 is 0 Å². The van der Waals surface area contributed by atoms with E-state index in [1.807, 2.05) is 0 Å². The molecule has 0 aliphatic rings. The summed E-state index contributed by atoms with van der Waals surface area (Å²) in [7, 11) is 0. The minimum atomic E-state index is -0.804. The lowest BCUT2D eigenvalue weighted by Gasteiger charge is -2.18. The molecule has 0 aromatic rings. The van der Waals surface area contributed by atoms with Gasteiger partial charge in [-0.25, -0.2) is 0 Å². The Labute approximate surface area is 489 Å². The highest BCUT2D eigenvalue weighted by molar-refractivity contribution is 5.71. The molecule has 0 rings (SSSR count). The quantitative estimate of drug-likeness (QED) is 0.0261. The van der Waals surface area contributed by atoms with Gasteiger partial charge in [0.25, 0.3) is 0 Å². The first-order chi connectivity index (χ1) is 39.0. The Hall–Kier alpha value is -3.67. The van der Waals surface area contributed by atoms with Crippen LogP contribution < -0.4 is 0 Å². The van der Waals surface area contributed by atoms with Crippen LogP contribution in [-0.2, 0) is 28.6 Å². The van der Waals surface area contributed by atoms with Crippen LogP contribution in [0.4, 0.5) is 0 Å². The number of allylic oxidation sites excluding steroid dienone is 16. The lowest BCUT2D eigenvalue weighted by atomic mass is 10.0. The van der Waals surface area contributed by atoms with E-state index in [1.165, 1.54) is 180 Å². The second-order valence-corrected chi connectivity index (χ2v) is 22.3. The highest BCUT2D eigenvalue weighted by Gasteiger charge is 2.19. The average Bonchev–Trinajstić information content (AvgIpc) is 3.45. The van der Waals surface area contributed by atoms with Crippen LogP contribution in [0.15, 0.2) is 97.2 Å². The first-order valence-corrected chi connectivity index (χ1v) is 33.7. The number of esters is 3. The van der Waals surface area contributed by atoms with Gasteiger partial charge < -0.3 is 14.2 Å². The van der Waals surface area contributed by atoms with Crippen molar-refractivity contribution >= 4 is 17.9 Å². The minimum absolute atomic E-state index is 0.0954. The molecule has 0 aliphatic carbocycles. The molecule has 6 nitrogen and oxygen atoms in total. The van der Waals surface area contributed by atoms with Crippen LogP contribution in [-0.4, -0.2) is 37.2 Å². The lowest BCUT2D eigenvalue weighted by molar-refractivity contribution is -0.167. The molecule has 0 amide bonds. The van der Waals surface area contributed by atoms with Crippen molar-refractivity contribution in [3.63, 3.8) is 0 Å². The third-order valence-corrected chi connectivity index (χ3v) is 14.5. The SMILES string of the molecule is CC/C=C\C/C=C\C/C=C\C/C=C\CCCCC(=O)OCC(COC(=O)CCCCCCCCCCCCCCC/C=C\CCCCCCCCCC)OC(=O)CCCCCCCC/C=C\C/C=C\C/C=C\CCCCCCC. The Morgan fingerprint density at radius 2 is 0.494 bits per heavy atom. The summed E-state index contributed by atoms with van der Waals surface area (Å²) in [4.78, 5) is 38.4. The molecular weight excluding hydrogens is 973 g/mol. The van der Waals surface area contributed by atoms with E-state index in [0.29, 0.717) is 19.3 Å². The Morgan fingerprint density at radius 3 is 0.810 bits per heavy atom. The fourth-order valence-electron chi connectivity index (χ4n) is 9.50. The van der Waals surface area contributed by atoms with E-state index in [0.717, 1.165) is 109 Å². The van der Waals surface area contributed by atoms with Crippen LogP contribution in [0.2, 0.25) is 0 Å². The lowest BCUT2D eigenvalue weighted by Crippen LogP contribution is -2.30. The smallest absolute Gasteiger partial charge is 0.306 e. The van der Waals surface area contributed by atoms with Gasteiger partial charge in [-0.3, -0.25) is 14.4 Å². The molecule has 79 heavy (non-hydrogen) atoms. The molecule has 0 bridgehead atoms. The molecule has 6 heteroatoms. The van der Waals surface area contributed by atoms with Gasteiger partial charge in [-0.1, -0.05) is 285 Å². The van der Waals surface area contributed by atoms with Crippen molar-refractivity contribution in [3.8, 4) is 0 Å². The van der Waals surface area contributed by atoms with E-state index >= 15 is 0 Å². The van der Waals surface area contributed by atoms with Gasteiger partial charge in [-0.15, -0.1) is 0 Å². The number of hydrogen-bond acceptors (Lipinski definition) is 6. The zero-order valence-electron chi connectivity index (χ0n) is 52.1. The van der Waals surface area contributed by atoms with Crippen LogP contribution in [0.1, 0.15) is 329 Å². The molecule has 454 valence electrons. The van der Waals surface area contributed by atoms with Crippen molar-refractivity contribution in [2.75, 3.05) is 13.2 Å². The van der Waals surface area contributed by atoms with E-state index in [-0.39, 0.29) is 31.1 Å². The van der Waals surface area contributed by atoms with Crippen molar-refractivity contribution in [1.82, 2.24) is 0 Å². The summed E-state index contributed by atoms with van der Waals surface area (Å²) in [5, 5.41) is 0. The van der Waals surface area contributed by atoms with E-state index < -0.39 is 6.10 Å². The van der Waals surface area contributed by atoms with E-state index in [1.54, 1.807) is 0 Å². The number of ether oxygens (including phenoxy) is 3. The molecule has 0 aromatic carbocycles. The Balaban J connectivity index is 4.38. The van der Waals surface area contributed by atoms with Gasteiger partial charge in [0.05, 0.1) is 0 Å². The predicted octanol–water partition coefficient (Wildman–Crippen LogP) is 23.2. The third-order valence-electron chi connectivity index (χ3n) is 14.5. The molecule has 0 N–H and O–H groups in total. The molecule has 0 fully saturated rings. The first kappa shape index (κ1) is 75.3. The Morgan fingerprint density at radius 1 is 0.266 bits per heavy atom. The largest absolute Gasteiger partial charge is 0.462 e. The van der Waals surface area contributed by atoms with Crippen molar-refractivity contribution < 1.29 is 28.6 Å². The number of carbonyl (C=O) groups excluding carboxylic acids is 3. The number of carbonyl (C=O) groups is 3. The van der Waals surface area contributed by atoms with E-state index in [4.69, 9.17) is 14.2 Å². The van der Waals surface area contributed by atoms with Crippen molar-refractivity contribution in [1.29, 1.82) is 0 Å². The van der Waals surface area contributed by atoms with Gasteiger partial charge >= 0.3 is 17.9 Å². The minimum Gasteiger partial charge on any atom is -0.462 e. The van der Waals surface area contributed by atoms with Crippen molar-refractivity contribution in [2.45, 2.75) is 335 Å². The molecular formula is C73H126O6. The van der Waals surface area contributed by atoms with Gasteiger partial charge in [-0.05, 0) is 122 Å².